The maximum atomic E-state index is 11.2. The second-order valence-corrected chi connectivity index (χ2v) is 19.8. The van der Waals surface area contributed by atoms with Gasteiger partial charge in [0, 0.05) is 38.4 Å². The van der Waals surface area contributed by atoms with E-state index in [1.807, 2.05) is 109 Å². The monoisotopic (exact) mass is 1020 g/mol. The molecule has 6 heteroatoms. The molecule has 4 heterocycles. The maximum absolute atomic E-state index is 11.2. The summed E-state index contributed by atoms with van der Waals surface area (Å²) in [7, 11) is 0. The largest absolute Gasteiger partial charge is 0.257 e. The minimum absolute atomic E-state index is 0.478. The zero-order valence-corrected chi connectivity index (χ0v) is 43.1. The first-order valence-corrected chi connectivity index (χ1v) is 26.5. The smallest absolute Gasteiger partial charge is 0.221 e. The number of nitrogens with zero attached hydrogens (tertiary/aromatic N) is 6. The molecule has 0 aliphatic rings. The van der Waals surface area contributed by atoms with Crippen LogP contribution in [0.5, 0.6) is 0 Å². The predicted molar refractivity (Wildman–Crippen MR) is 328 cm³/mol. The van der Waals surface area contributed by atoms with E-state index in [1.54, 1.807) is 0 Å². The highest BCUT2D eigenvalue weighted by Gasteiger charge is 2.24. The van der Waals surface area contributed by atoms with E-state index in [1.165, 1.54) is 0 Å². The molecular weight excluding hydrogens is 973 g/mol. The van der Waals surface area contributed by atoms with E-state index in [2.05, 4.69) is 169 Å². The van der Waals surface area contributed by atoms with E-state index < -0.39 is 0 Å². The number of benzene rings is 10. The fourth-order valence-corrected chi connectivity index (χ4v) is 11.3. The second kappa shape index (κ2) is 20.1. The van der Waals surface area contributed by atoms with Crippen molar-refractivity contribution in [3.63, 3.8) is 0 Å². The highest BCUT2D eigenvalue weighted by Crippen LogP contribution is 2.47. The average Bonchev–Trinajstić information content (AvgIpc) is 3.56. The summed E-state index contributed by atoms with van der Waals surface area (Å²) >= 11 is 0. The lowest BCUT2D eigenvalue weighted by atomic mass is 9.89. The number of rotatable bonds is 9. The summed E-state index contributed by atoms with van der Waals surface area (Å²) in [6, 6.07) is 93.6. The number of pyridine rings is 4. The van der Waals surface area contributed by atoms with Crippen molar-refractivity contribution in [1.82, 2.24) is 19.9 Å². The van der Waals surface area contributed by atoms with E-state index in [4.69, 9.17) is 26.5 Å². The van der Waals surface area contributed by atoms with Crippen LogP contribution in [0.3, 0.4) is 0 Å². The molecule has 0 aliphatic heterocycles. The van der Waals surface area contributed by atoms with Crippen LogP contribution in [-0.4, -0.2) is 19.9 Å². The van der Waals surface area contributed by atoms with Crippen LogP contribution in [0.4, 0.5) is 5.69 Å². The van der Waals surface area contributed by atoms with E-state index in [0.29, 0.717) is 22.6 Å². The third kappa shape index (κ3) is 8.29. The average molecular weight is 1020 g/mol. The highest BCUT2D eigenvalue weighted by atomic mass is 14.8. The number of hydrogen-bond acceptors (Lipinski definition) is 5. The summed E-state index contributed by atoms with van der Waals surface area (Å²) in [6.07, 6.45) is 0. The van der Waals surface area contributed by atoms with Crippen LogP contribution in [0.25, 0.3) is 149 Å². The molecule has 14 aromatic rings. The van der Waals surface area contributed by atoms with Crippen LogP contribution in [0.1, 0.15) is 5.56 Å². The van der Waals surface area contributed by atoms with Crippen molar-refractivity contribution in [2.24, 2.45) is 0 Å². The maximum Gasteiger partial charge on any atom is 0.221 e. The second-order valence-electron chi connectivity index (χ2n) is 19.8. The summed E-state index contributed by atoms with van der Waals surface area (Å²) in [4.78, 5) is 25.8. The Morgan fingerprint density at radius 1 is 0.300 bits per heavy atom. The molecule has 0 N–H and O–H groups in total. The molecule has 4 aromatic heterocycles. The summed E-state index contributed by atoms with van der Waals surface area (Å²) in [5, 5.41) is 14.8. The van der Waals surface area contributed by atoms with Crippen LogP contribution in [0.2, 0.25) is 0 Å². The van der Waals surface area contributed by atoms with Gasteiger partial charge in [0.25, 0.3) is 0 Å². The van der Waals surface area contributed by atoms with Crippen LogP contribution in [0.15, 0.2) is 267 Å². The minimum atomic E-state index is 0.478. The molecular formula is C74H44N6. The van der Waals surface area contributed by atoms with Gasteiger partial charge in [-0.2, -0.15) is 5.26 Å². The van der Waals surface area contributed by atoms with Gasteiger partial charge in [0.1, 0.15) is 6.07 Å². The lowest BCUT2D eigenvalue weighted by molar-refractivity contribution is 1.34. The van der Waals surface area contributed by atoms with Gasteiger partial charge in [0.15, 0.2) is 0 Å². The zero-order chi connectivity index (χ0) is 53.5. The van der Waals surface area contributed by atoms with Gasteiger partial charge in [-0.15, -0.1) is 0 Å². The molecule has 0 atom stereocenters. The molecule has 0 amide bonds. The van der Waals surface area contributed by atoms with Gasteiger partial charge in [0.05, 0.1) is 57.0 Å². The Hall–Kier alpha value is -11.2. The predicted octanol–water partition coefficient (Wildman–Crippen LogP) is 19.3. The number of aromatic nitrogens is 4. The van der Waals surface area contributed by atoms with Crippen LogP contribution in [0, 0.1) is 17.9 Å². The molecule has 10 aromatic carbocycles. The summed E-state index contributed by atoms with van der Waals surface area (Å²) < 4.78 is 0. The van der Waals surface area contributed by atoms with Gasteiger partial charge < -0.3 is 0 Å². The van der Waals surface area contributed by atoms with E-state index in [9.17, 15) is 5.26 Å². The molecule has 0 spiro atoms. The van der Waals surface area contributed by atoms with Crippen molar-refractivity contribution < 1.29 is 0 Å². The van der Waals surface area contributed by atoms with Gasteiger partial charge >= 0.3 is 0 Å². The molecule has 0 saturated carbocycles. The van der Waals surface area contributed by atoms with Crippen molar-refractivity contribution in [2.75, 3.05) is 0 Å². The first-order valence-electron chi connectivity index (χ1n) is 26.5. The van der Waals surface area contributed by atoms with Crippen molar-refractivity contribution in [3.05, 3.63) is 284 Å². The van der Waals surface area contributed by atoms with Crippen LogP contribution >= 0.6 is 0 Å². The SMILES string of the molecule is [C-]#[N+]c1c(-c2ccccc2)nc2c(ccc3c(-c4ccccc4)cc(-c4ccccc4)nc32)c1-c1ccc(-c2ccc(-c3c(C#N)c(-c4ccccc4)nc4c3ccc3c(-c5ccccc5)cc(-c5ccccc5)nc34)cc2)cc1. The third-order valence-corrected chi connectivity index (χ3v) is 15.2. The van der Waals surface area contributed by atoms with E-state index >= 15 is 0 Å². The van der Waals surface area contributed by atoms with Crippen molar-refractivity contribution in [1.29, 1.82) is 5.26 Å². The minimum Gasteiger partial charge on any atom is -0.257 e. The fraction of sp³-hybridized carbons (Fsp3) is 0. The van der Waals surface area contributed by atoms with E-state index in [0.717, 1.165) is 133 Å². The molecule has 0 bridgehead atoms. The molecule has 0 aliphatic carbocycles. The molecule has 14 rings (SSSR count). The molecule has 0 unspecified atom stereocenters. The van der Waals surface area contributed by atoms with Gasteiger partial charge in [-0.3, -0.25) is 4.98 Å². The molecule has 6 nitrogen and oxygen atoms in total. The van der Waals surface area contributed by atoms with Crippen molar-refractivity contribution >= 4 is 49.3 Å². The summed E-state index contributed by atoms with van der Waals surface area (Å²) in [6.45, 7) is 8.74. The highest BCUT2D eigenvalue weighted by molar-refractivity contribution is 6.17. The molecule has 0 fully saturated rings. The summed E-state index contributed by atoms with van der Waals surface area (Å²) in [5.74, 6) is 0. The first-order chi connectivity index (χ1) is 39.6. The van der Waals surface area contributed by atoms with Crippen molar-refractivity contribution in [2.45, 2.75) is 0 Å². The van der Waals surface area contributed by atoms with Gasteiger partial charge in [-0.1, -0.05) is 255 Å². The first kappa shape index (κ1) is 47.3. The van der Waals surface area contributed by atoms with Gasteiger partial charge in [-0.05, 0) is 73.2 Å². The topological polar surface area (TPSA) is 79.7 Å². The Morgan fingerprint density at radius 3 is 1.04 bits per heavy atom. The zero-order valence-electron chi connectivity index (χ0n) is 43.1. The summed E-state index contributed by atoms with van der Waals surface area (Å²) in [5.41, 5.74) is 20.2. The molecule has 0 saturated heterocycles. The molecule has 80 heavy (non-hydrogen) atoms. The van der Waals surface area contributed by atoms with E-state index in [-0.39, 0.29) is 0 Å². The van der Waals surface area contributed by atoms with Gasteiger partial charge in [-0.25, -0.2) is 19.8 Å². The molecule has 0 radical (unpaired) electrons. The normalized spacial score (nSPS) is 11.2. The van der Waals surface area contributed by atoms with Crippen LogP contribution in [-0.2, 0) is 0 Å². The Balaban J connectivity index is 0.919. The third-order valence-electron chi connectivity index (χ3n) is 15.2. The standard InChI is InChI=1S/C74H44N6/c1-76-74-67(60-43-41-58-62(50-22-10-3-11-23-50)45-65(52-26-14-5-15-27-52)78-71(58)73(60)80-69(74)56-30-18-7-19-31-56)54-38-34-48(35-39-54)47-32-36-53(37-33-47)66-59-42-40-57-61(49-20-8-2-9-21-49)44-64(51-24-12-4-13-25-51)77-70(57)72(59)79-68(63(66)46-75)55-28-16-6-17-29-55/h2-45H. The van der Waals surface area contributed by atoms with Crippen LogP contribution < -0.4 is 0 Å². The fourth-order valence-electron chi connectivity index (χ4n) is 11.3. The van der Waals surface area contributed by atoms with Crippen molar-refractivity contribution in [3.8, 4) is 107 Å². The Morgan fingerprint density at radius 2 is 0.625 bits per heavy atom. The Kier molecular flexibility index (Phi) is 11.9. The lowest BCUT2D eigenvalue weighted by Gasteiger charge is -2.18. The number of hydrogen-bond donors (Lipinski definition) is 0. The molecule has 370 valence electrons. The van der Waals surface area contributed by atoms with Gasteiger partial charge in [0.2, 0.25) is 5.69 Å². The Labute approximate surface area is 462 Å². The lowest BCUT2D eigenvalue weighted by Crippen LogP contribution is -1.99. The quantitative estimate of drug-likeness (QED) is 0.106. The Bertz CT molecular complexity index is 4460. The number of nitriles is 1. The number of fused-ring (bicyclic) bond motifs is 6.